The van der Waals surface area contributed by atoms with E-state index in [4.69, 9.17) is 28.3 Å². The van der Waals surface area contributed by atoms with Gasteiger partial charge in [-0.1, -0.05) is 43.1 Å². The van der Waals surface area contributed by atoms with Crippen LogP contribution in [-0.4, -0.2) is 28.5 Å². The van der Waals surface area contributed by atoms with Crippen LogP contribution >= 0.6 is 23.2 Å². The van der Waals surface area contributed by atoms with E-state index in [1.807, 2.05) is 13.8 Å². The van der Waals surface area contributed by atoms with E-state index in [1.54, 1.807) is 18.2 Å². The molecule has 0 heterocycles. The first kappa shape index (κ1) is 23.6. The van der Waals surface area contributed by atoms with Gasteiger partial charge in [-0.3, -0.25) is 14.4 Å². The van der Waals surface area contributed by atoms with Crippen molar-refractivity contribution in [3.05, 3.63) is 63.6 Å². The average molecular weight is 450 g/mol. The Morgan fingerprint density at radius 1 is 0.933 bits per heavy atom. The summed E-state index contributed by atoms with van der Waals surface area (Å²) in [6, 6.07) is 10.5. The van der Waals surface area contributed by atoms with Gasteiger partial charge in [-0.2, -0.15) is 0 Å². The maximum Gasteiger partial charge on any atom is 0.335 e. The summed E-state index contributed by atoms with van der Waals surface area (Å²) >= 11 is 12.0. The molecule has 0 spiro atoms. The van der Waals surface area contributed by atoms with E-state index < -0.39 is 29.9 Å². The molecule has 0 aliphatic carbocycles. The van der Waals surface area contributed by atoms with Crippen molar-refractivity contribution in [3.8, 4) is 0 Å². The first-order valence-electron chi connectivity index (χ1n) is 9.22. The molecule has 2 aromatic carbocycles. The standard InChI is InChI=1S/C22H21Cl2NO5/c1-13(2)9-19(26)20(27)11-21(28)25(12-14-3-8-17(23)18(24)10-14)16-6-4-15(5-7-16)22(29)30/h3-8,10,13H,9,11-12H2,1-2H3,(H,29,30). The van der Waals surface area contributed by atoms with Crippen molar-refractivity contribution in [1.82, 2.24) is 0 Å². The number of hydrogen-bond acceptors (Lipinski definition) is 4. The minimum atomic E-state index is -1.10. The molecule has 158 valence electrons. The van der Waals surface area contributed by atoms with Gasteiger partial charge >= 0.3 is 5.97 Å². The van der Waals surface area contributed by atoms with Crippen molar-refractivity contribution < 1.29 is 24.3 Å². The highest BCUT2D eigenvalue weighted by molar-refractivity contribution is 6.42. The summed E-state index contributed by atoms with van der Waals surface area (Å²) in [5, 5.41) is 9.75. The van der Waals surface area contributed by atoms with Crippen LogP contribution in [0.4, 0.5) is 5.69 Å². The molecular formula is C22H21Cl2NO5. The van der Waals surface area contributed by atoms with Gasteiger partial charge in [0.15, 0.2) is 5.78 Å². The Kier molecular flexibility index (Phi) is 8.15. The average Bonchev–Trinajstić information content (AvgIpc) is 2.68. The number of hydrogen-bond donors (Lipinski definition) is 1. The number of benzene rings is 2. The number of anilines is 1. The van der Waals surface area contributed by atoms with Crippen molar-refractivity contribution in [2.24, 2.45) is 5.92 Å². The first-order valence-corrected chi connectivity index (χ1v) is 9.97. The van der Waals surface area contributed by atoms with E-state index >= 15 is 0 Å². The molecular weight excluding hydrogens is 429 g/mol. The zero-order valence-electron chi connectivity index (χ0n) is 16.5. The monoisotopic (exact) mass is 449 g/mol. The fourth-order valence-electron chi connectivity index (χ4n) is 2.74. The number of ketones is 2. The van der Waals surface area contributed by atoms with Crippen LogP contribution in [0.3, 0.4) is 0 Å². The molecule has 2 rings (SSSR count). The van der Waals surface area contributed by atoms with Gasteiger partial charge in [0.25, 0.3) is 0 Å². The number of carbonyl (C=O) groups excluding carboxylic acids is 3. The predicted molar refractivity (Wildman–Crippen MR) is 115 cm³/mol. The third kappa shape index (κ3) is 6.40. The molecule has 0 saturated heterocycles. The van der Waals surface area contributed by atoms with Crippen LogP contribution < -0.4 is 4.90 Å². The fraction of sp³-hybridized carbons (Fsp3) is 0.273. The second kappa shape index (κ2) is 10.4. The Morgan fingerprint density at radius 3 is 2.10 bits per heavy atom. The molecule has 2 aromatic rings. The molecule has 0 bridgehead atoms. The number of rotatable bonds is 9. The van der Waals surface area contributed by atoms with Crippen LogP contribution in [0.25, 0.3) is 0 Å². The van der Waals surface area contributed by atoms with Crippen molar-refractivity contribution in [3.63, 3.8) is 0 Å². The summed E-state index contributed by atoms with van der Waals surface area (Å²) in [5.41, 5.74) is 1.10. The SMILES string of the molecule is CC(C)CC(=O)C(=O)CC(=O)N(Cc1ccc(Cl)c(Cl)c1)c1ccc(C(=O)O)cc1. The summed E-state index contributed by atoms with van der Waals surface area (Å²) in [4.78, 5) is 49.5. The molecule has 0 fully saturated rings. The predicted octanol–water partition coefficient (Wildman–Crippen LogP) is 4.80. The third-order valence-corrected chi connectivity index (χ3v) is 5.01. The number of aromatic carboxylic acids is 1. The zero-order chi connectivity index (χ0) is 22.4. The lowest BCUT2D eigenvalue weighted by Crippen LogP contribution is -2.33. The third-order valence-electron chi connectivity index (χ3n) is 4.27. The van der Waals surface area contributed by atoms with Crippen LogP contribution in [-0.2, 0) is 20.9 Å². The van der Waals surface area contributed by atoms with Crippen molar-refractivity contribution >= 4 is 52.3 Å². The minimum Gasteiger partial charge on any atom is -0.478 e. The van der Waals surface area contributed by atoms with Crippen LogP contribution in [0.1, 0.15) is 42.6 Å². The smallest absolute Gasteiger partial charge is 0.335 e. The number of nitrogens with zero attached hydrogens (tertiary/aromatic N) is 1. The number of carboxylic acids is 1. The topological polar surface area (TPSA) is 91.8 Å². The van der Waals surface area contributed by atoms with Gasteiger partial charge in [-0.05, 0) is 47.9 Å². The van der Waals surface area contributed by atoms with Crippen LogP contribution in [0, 0.1) is 5.92 Å². The van der Waals surface area contributed by atoms with Crippen LogP contribution in [0.2, 0.25) is 10.0 Å². The van der Waals surface area contributed by atoms with Gasteiger partial charge in [0.1, 0.15) is 0 Å². The van der Waals surface area contributed by atoms with E-state index in [9.17, 15) is 19.2 Å². The fourth-order valence-corrected chi connectivity index (χ4v) is 3.06. The van der Waals surface area contributed by atoms with Crippen LogP contribution in [0.5, 0.6) is 0 Å². The van der Waals surface area contributed by atoms with Crippen LogP contribution in [0.15, 0.2) is 42.5 Å². The number of halogens is 2. The molecule has 0 radical (unpaired) electrons. The number of carbonyl (C=O) groups is 4. The van der Waals surface area contributed by atoms with Gasteiger partial charge < -0.3 is 10.0 Å². The number of Topliss-reactive ketones (excluding diaryl/α,β-unsaturated/α-hetero) is 2. The molecule has 0 saturated carbocycles. The second-order valence-corrected chi connectivity index (χ2v) is 8.02. The zero-order valence-corrected chi connectivity index (χ0v) is 18.0. The number of amides is 1. The summed E-state index contributed by atoms with van der Waals surface area (Å²) < 4.78 is 0. The Balaban J connectivity index is 2.30. The molecule has 0 aliphatic heterocycles. The molecule has 1 amide bonds. The van der Waals surface area contributed by atoms with E-state index in [0.29, 0.717) is 21.3 Å². The largest absolute Gasteiger partial charge is 0.478 e. The van der Waals surface area contributed by atoms with Crippen molar-refractivity contribution in [1.29, 1.82) is 0 Å². The lowest BCUT2D eigenvalue weighted by molar-refractivity contribution is -0.139. The maximum atomic E-state index is 12.9. The highest BCUT2D eigenvalue weighted by atomic mass is 35.5. The highest BCUT2D eigenvalue weighted by Crippen LogP contribution is 2.25. The van der Waals surface area contributed by atoms with Gasteiger partial charge in [-0.25, -0.2) is 4.79 Å². The van der Waals surface area contributed by atoms with Gasteiger partial charge in [0.2, 0.25) is 11.7 Å². The summed E-state index contributed by atoms with van der Waals surface area (Å²) in [7, 11) is 0. The van der Waals surface area contributed by atoms with Gasteiger partial charge in [0.05, 0.1) is 28.6 Å². The Labute approximate surface area is 184 Å². The lowest BCUT2D eigenvalue weighted by Gasteiger charge is -2.23. The first-order chi connectivity index (χ1) is 14.1. The molecule has 0 aromatic heterocycles. The van der Waals surface area contributed by atoms with Crippen molar-refractivity contribution in [2.45, 2.75) is 33.2 Å². The molecule has 0 atom stereocenters. The maximum absolute atomic E-state index is 12.9. The highest BCUT2D eigenvalue weighted by Gasteiger charge is 2.24. The second-order valence-electron chi connectivity index (χ2n) is 7.20. The molecule has 8 heteroatoms. The van der Waals surface area contributed by atoms with E-state index in [1.165, 1.54) is 29.2 Å². The summed E-state index contributed by atoms with van der Waals surface area (Å²) in [5.74, 6) is -3.01. The molecule has 6 nitrogen and oxygen atoms in total. The summed E-state index contributed by atoms with van der Waals surface area (Å²) in [6.45, 7) is 3.69. The van der Waals surface area contributed by atoms with Gasteiger partial charge in [-0.15, -0.1) is 0 Å². The Morgan fingerprint density at radius 2 is 1.57 bits per heavy atom. The van der Waals surface area contributed by atoms with E-state index in [-0.39, 0.29) is 24.4 Å². The quantitative estimate of drug-likeness (QED) is 0.438. The minimum absolute atomic E-state index is 0.00688. The van der Waals surface area contributed by atoms with E-state index in [2.05, 4.69) is 0 Å². The molecule has 1 N–H and O–H groups in total. The molecule has 0 unspecified atom stereocenters. The Bertz CT molecular complexity index is 970. The summed E-state index contributed by atoms with van der Waals surface area (Å²) in [6.07, 6.45) is -0.500. The molecule has 0 aliphatic rings. The van der Waals surface area contributed by atoms with E-state index in [0.717, 1.165) is 0 Å². The van der Waals surface area contributed by atoms with Gasteiger partial charge in [0, 0.05) is 12.1 Å². The normalized spacial score (nSPS) is 10.7. The lowest BCUT2D eigenvalue weighted by atomic mass is 10.0. The van der Waals surface area contributed by atoms with Crippen molar-refractivity contribution in [2.75, 3.05) is 4.90 Å². The molecule has 30 heavy (non-hydrogen) atoms. The number of carboxylic acid groups (broad SMARTS) is 1. The Hall–Kier alpha value is -2.70.